The van der Waals surface area contributed by atoms with E-state index in [0.717, 1.165) is 11.1 Å². The number of nitrogens with zero attached hydrogens (tertiary/aromatic N) is 1. The maximum absolute atomic E-state index is 12.6. The number of ether oxygens (including phenoxy) is 1. The molecule has 1 N–H and O–H groups in total. The number of carboxylic acids is 1. The van der Waals surface area contributed by atoms with E-state index in [1.54, 1.807) is 17.0 Å². The number of aryl methyl sites for hydroxylation is 2. The normalized spacial score (nSPS) is 15.3. The van der Waals surface area contributed by atoms with E-state index in [2.05, 4.69) is 6.92 Å². The second-order valence-electron chi connectivity index (χ2n) is 6.12. The van der Waals surface area contributed by atoms with E-state index in [4.69, 9.17) is 9.84 Å². The first-order valence-electron chi connectivity index (χ1n) is 7.54. The highest BCUT2D eigenvalue weighted by Gasteiger charge is 2.32. The zero-order chi connectivity index (χ0) is 16.4. The van der Waals surface area contributed by atoms with Crippen LogP contribution in [0, 0.1) is 19.8 Å². The van der Waals surface area contributed by atoms with Gasteiger partial charge in [0.2, 0.25) is 0 Å². The molecule has 5 heteroatoms. The van der Waals surface area contributed by atoms with E-state index in [1.165, 1.54) is 12.8 Å². The lowest BCUT2D eigenvalue weighted by Crippen LogP contribution is -2.36. The van der Waals surface area contributed by atoms with Crippen LogP contribution in [0.5, 0.6) is 5.75 Å². The highest BCUT2D eigenvalue weighted by atomic mass is 16.5. The Kier molecular flexibility index (Phi) is 4.74. The van der Waals surface area contributed by atoms with Crippen molar-refractivity contribution < 1.29 is 19.4 Å². The third-order valence-electron chi connectivity index (χ3n) is 4.28. The predicted molar refractivity (Wildman–Crippen MR) is 83.3 cm³/mol. The van der Waals surface area contributed by atoms with Gasteiger partial charge in [0, 0.05) is 18.7 Å². The fourth-order valence-corrected chi connectivity index (χ4v) is 2.72. The first-order valence-corrected chi connectivity index (χ1v) is 7.54. The summed E-state index contributed by atoms with van der Waals surface area (Å²) >= 11 is 0. The maximum Gasteiger partial charge on any atom is 0.341 e. The van der Waals surface area contributed by atoms with Crippen molar-refractivity contribution >= 4 is 11.9 Å². The molecule has 0 aromatic heterocycles. The van der Waals surface area contributed by atoms with Gasteiger partial charge < -0.3 is 14.7 Å². The van der Waals surface area contributed by atoms with Crippen molar-refractivity contribution in [3.05, 3.63) is 28.8 Å². The molecule has 0 saturated heterocycles. The SMILES string of the molecule is Cc1cc(C(=O)N(C)[C@@H](C)C2CC2)cc(C)c1OCC(=O)O. The Balaban J connectivity index is 2.17. The van der Waals surface area contributed by atoms with Gasteiger partial charge in [0.25, 0.3) is 5.91 Å². The minimum absolute atomic E-state index is 0.00427. The Morgan fingerprint density at radius 1 is 1.32 bits per heavy atom. The Hall–Kier alpha value is -2.04. The van der Waals surface area contributed by atoms with Gasteiger partial charge in [0.15, 0.2) is 6.61 Å². The highest BCUT2D eigenvalue weighted by Crippen LogP contribution is 2.35. The molecule has 1 aromatic rings. The smallest absolute Gasteiger partial charge is 0.341 e. The van der Waals surface area contributed by atoms with Crippen LogP contribution in [0.1, 0.15) is 41.3 Å². The summed E-state index contributed by atoms with van der Waals surface area (Å²) < 4.78 is 5.30. The Labute approximate surface area is 130 Å². The van der Waals surface area contributed by atoms with Crippen molar-refractivity contribution in [3.8, 4) is 5.75 Å². The molecule has 1 atom stereocenters. The van der Waals surface area contributed by atoms with Crippen LogP contribution in [0.25, 0.3) is 0 Å². The number of amides is 1. The molecular weight excluding hydrogens is 282 g/mol. The average molecular weight is 305 g/mol. The number of benzene rings is 1. The molecule has 120 valence electrons. The molecule has 1 fully saturated rings. The number of rotatable bonds is 6. The largest absolute Gasteiger partial charge is 0.481 e. The van der Waals surface area contributed by atoms with Crippen molar-refractivity contribution in [3.63, 3.8) is 0 Å². The van der Waals surface area contributed by atoms with Crippen LogP contribution in [-0.4, -0.2) is 41.6 Å². The van der Waals surface area contributed by atoms with Crippen LogP contribution in [0.3, 0.4) is 0 Å². The Morgan fingerprint density at radius 3 is 2.32 bits per heavy atom. The first kappa shape index (κ1) is 16.3. The van der Waals surface area contributed by atoms with E-state index >= 15 is 0 Å². The molecular formula is C17H23NO4. The minimum atomic E-state index is -1.02. The van der Waals surface area contributed by atoms with Gasteiger partial charge in [-0.25, -0.2) is 4.79 Å². The summed E-state index contributed by atoms with van der Waals surface area (Å²) in [7, 11) is 1.84. The zero-order valence-electron chi connectivity index (χ0n) is 13.5. The molecule has 1 aliphatic rings. The molecule has 0 bridgehead atoms. The number of aliphatic carboxylic acids is 1. The lowest BCUT2D eigenvalue weighted by Gasteiger charge is -2.25. The van der Waals surface area contributed by atoms with Gasteiger partial charge in [0.1, 0.15) is 5.75 Å². The molecule has 0 heterocycles. The monoisotopic (exact) mass is 305 g/mol. The lowest BCUT2D eigenvalue weighted by molar-refractivity contribution is -0.139. The van der Waals surface area contributed by atoms with Crippen LogP contribution in [0.4, 0.5) is 0 Å². The van der Waals surface area contributed by atoms with Crippen molar-refractivity contribution in [2.75, 3.05) is 13.7 Å². The van der Waals surface area contributed by atoms with E-state index < -0.39 is 5.97 Å². The molecule has 1 aliphatic carbocycles. The van der Waals surface area contributed by atoms with Crippen LogP contribution < -0.4 is 4.74 Å². The fourth-order valence-electron chi connectivity index (χ4n) is 2.72. The summed E-state index contributed by atoms with van der Waals surface area (Å²) in [5.41, 5.74) is 2.17. The minimum Gasteiger partial charge on any atom is -0.481 e. The van der Waals surface area contributed by atoms with E-state index in [1.807, 2.05) is 20.9 Å². The van der Waals surface area contributed by atoms with E-state index in [0.29, 0.717) is 17.2 Å². The fraction of sp³-hybridized carbons (Fsp3) is 0.529. The van der Waals surface area contributed by atoms with Crippen LogP contribution >= 0.6 is 0 Å². The summed E-state index contributed by atoms with van der Waals surface area (Å²) in [5, 5.41) is 8.71. The molecule has 0 aliphatic heterocycles. The summed E-state index contributed by atoms with van der Waals surface area (Å²) in [6, 6.07) is 3.78. The topological polar surface area (TPSA) is 66.8 Å². The van der Waals surface area contributed by atoms with Crippen molar-refractivity contribution in [2.45, 2.75) is 39.7 Å². The van der Waals surface area contributed by atoms with E-state index in [9.17, 15) is 9.59 Å². The molecule has 0 unspecified atom stereocenters. The zero-order valence-corrected chi connectivity index (χ0v) is 13.5. The first-order chi connectivity index (χ1) is 10.3. The lowest BCUT2D eigenvalue weighted by atomic mass is 10.0. The van der Waals surface area contributed by atoms with Gasteiger partial charge in [0.05, 0.1) is 0 Å². The number of hydrogen-bond donors (Lipinski definition) is 1. The Bertz CT molecular complexity index is 569. The third kappa shape index (κ3) is 3.59. The number of carboxylic acid groups (broad SMARTS) is 1. The standard InChI is InChI=1S/C17H23NO4/c1-10-7-14(8-11(2)16(10)22-9-15(19)20)17(21)18(4)12(3)13-5-6-13/h7-8,12-13H,5-6,9H2,1-4H3,(H,19,20)/t12-/m0/s1. The summed E-state index contributed by atoms with van der Waals surface area (Å²) in [6.07, 6.45) is 2.39. The maximum atomic E-state index is 12.6. The second kappa shape index (κ2) is 6.38. The van der Waals surface area contributed by atoms with Crippen molar-refractivity contribution in [1.29, 1.82) is 0 Å². The van der Waals surface area contributed by atoms with Gasteiger partial charge in [-0.1, -0.05) is 0 Å². The summed E-state index contributed by atoms with van der Waals surface area (Å²) in [5.74, 6) is 0.137. The molecule has 5 nitrogen and oxygen atoms in total. The molecule has 1 aromatic carbocycles. The van der Waals surface area contributed by atoms with Gasteiger partial charge in [-0.2, -0.15) is 0 Å². The van der Waals surface area contributed by atoms with Gasteiger partial charge in [-0.15, -0.1) is 0 Å². The summed E-state index contributed by atoms with van der Waals surface area (Å²) in [6.45, 7) is 5.35. The number of carbonyl (C=O) groups excluding carboxylic acids is 1. The quantitative estimate of drug-likeness (QED) is 0.877. The van der Waals surface area contributed by atoms with Gasteiger partial charge in [-0.05, 0) is 62.8 Å². The average Bonchev–Trinajstić information content (AvgIpc) is 3.28. The van der Waals surface area contributed by atoms with Crippen LogP contribution in [0.15, 0.2) is 12.1 Å². The van der Waals surface area contributed by atoms with Crippen molar-refractivity contribution in [2.24, 2.45) is 5.92 Å². The molecule has 22 heavy (non-hydrogen) atoms. The number of carbonyl (C=O) groups is 2. The molecule has 0 radical (unpaired) electrons. The van der Waals surface area contributed by atoms with Gasteiger partial charge >= 0.3 is 5.97 Å². The number of hydrogen-bond acceptors (Lipinski definition) is 3. The second-order valence-corrected chi connectivity index (χ2v) is 6.12. The molecule has 1 amide bonds. The van der Waals surface area contributed by atoms with Crippen molar-refractivity contribution in [1.82, 2.24) is 4.90 Å². The molecule has 1 saturated carbocycles. The summed E-state index contributed by atoms with van der Waals surface area (Å²) in [4.78, 5) is 25.0. The third-order valence-corrected chi connectivity index (χ3v) is 4.28. The molecule has 2 rings (SSSR count). The van der Waals surface area contributed by atoms with Crippen LogP contribution in [0.2, 0.25) is 0 Å². The van der Waals surface area contributed by atoms with E-state index in [-0.39, 0.29) is 18.6 Å². The van der Waals surface area contributed by atoms with Crippen LogP contribution in [-0.2, 0) is 4.79 Å². The Morgan fingerprint density at radius 2 is 1.86 bits per heavy atom. The van der Waals surface area contributed by atoms with Gasteiger partial charge in [-0.3, -0.25) is 4.79 Å². The predicted octanol–water partition coefficient (Wildman–Crippen LogP) is 2.64. The highest BCUT2D eigenvalue weighted by molar-refractivity contribution is 5.95. The molecule has 0 spiro atoms.